The molecule has 0 aliphatic carbocycles. The van der Waals surface area contributed by atoms with Crippen LogP contribution in [-0.2, 0) is 38.7 Å². The van der Waals surface area contributed by atoms with Crippen LogP contribution in [0.5, 0.6) is 0 Å². The molecule has 0 radical (unpaired) electrons. The SMILES string of the molecule is O=C1CC[C@H](C(=O)[O-])N1.O=C1CC[C@H](C(=O)[O-])N1.[Zn+2]. The number of rotatable bonds is 2. The summed E-state index contributed by atoms with van der Waals surface area (Å²) in [5, 5.41) is 24.5. The Hall–Kier alpha value is -1.50. The third-order valence-corrected chi connectivity index (χ3v) is 2.56. The van der Waals surface area contributed by atoms with Crippen LogP contribution in [0.4, 0.5) is 0 Å². The fourth-order valence-corrected chi connectivity index (χ4v) is 1.58. The molecule has 2 amide bonds. The van der Waals surface area contributed by atoms with Gasteiger partial charge in [0, 0.05) is 12.8 Å². The summed E-state index contributed by atoms with van der Waals surface area (Å²) >= 11 is 0. The summed E-state index contributed by atoms with van der Waals surface area (Å²) in [5.74, 6) is -2.80. The summed E-state index contributed by atoms with van der Waals surface area (Å²) in [6.07, 6.45) is 1.33. The summed E-state index contributed by atoms with van der Waals surface area (Å²) in [7, 11) is 0. The standard InChI is InChI=1S/2C5H7NO3.Zn/c2*7-4-2-1-3(6-4)5(8)9;/h2*3H,1-2H2,(H,6,7)(H,8,9);/q;;+2/p-2/t2*3-;/m11./s1. The molecule has 2 fully saturated rings. The van der Waals surface area contributed by atoms with Gasteiger partial charge in [-0.3, -0.25) is 9.59 Å². The molecule has 0 spiro atoms. The van der Waals surface area contributed by atoms with E-state index < -0.39 is 24.0 Å². The molecule has 0 unspecified atom stereocenters. The molecule has 0 aromatic carbocycles. The van der Waals surface area contributed by atoms with E-state index in [0.717, 1.165) is 0 Å². The Kier molecular flexibility index (Phi) is 7.22. The van der Waals surface area contributed by atoms with Gasteiger partial charge in [0.05, 0.1) is 24.0 Å². The first-order chi connectivity index (χ1) is 8.40. The van der Waals surface area contributed by atoms with Gasteiger partial charge >= 0.3 is 19.5 Å². The van der Waals surface area contributed by atoms with Crippen LogP contribution in [-0.4, -0.2) is 35.8 Å². The summed E-state index contributed by atoms with van der Waals surface area (Å²) < 4.78 is 0. The van der Waals surface area contributed by atoms with E-state index in [1.165, 1.54) is 0 Å². The minimum atomic E-state index is -1.19. The molecular formula is C10H12N2O6Zn. The number of nitrogens with one attached hydrogen (secondary N) is 2. The number of hydrogen-bond donors (Lipinski definition) is 2. The molecule has 2 saturated heterocycles. The minimum Gasteiger partial charge on any atom is -0.548 e. The molecule has 2 rings (SSSR count). The molecule has 0 bridgehead atoms. The molecule has 2 aliphatic rings. The normalized spacial score (nSPS) is 24.4. The first-order valence-electron chi connectivity index (χ1n) is 5.40. The van der Waals surface area contributed by atoms with E-state index in [1.807, 2.05) is 0 Å². The third-order valence-electron chi connectivity index (χ3n) is 2.56. The monoisotopic (exact) mass is 320 g/mol. The number of aliphatic carboxylic acids is 2. The summed E-state index contributed by atoms with van der Waals surface area (Å²) in [6.45, 7) is 0. The molecule has 2 atom stereocenters. The van der Waals surface area contributed by atoms with Gasteiger partial charge in [0.15, 0.2) is 0 Å². The van der Waals surface area contributed by atoms with Crippen molar-refractivity contribution in [1.82, 2.24) is 10.6 Å². The second-order valence-electron chi connectivity index (χ2n) is 3.96. The van der Waals surface area contributed by atoms with Crippen molar-refractivity contribution < 1.29 is 48.9 Å². The Bertz CT molecular complexity index is 350. The molecule has 100 valence electrons. The molecule has 2 N–H and O–H groups in total. The Labute approximate surface area is 121 Å². The Morgan fingerprint density at radius 3 is 1.32 bits per heavy atom. The van der Waals surface area contributed by atoms with E-state index in [1.54, 1.807) is 0 Å². The second-order valence-corrected chi connectivity index (χ2v) is 3.96. The summed E-state index contributed by atoms with van der Waals surface area (Å²) in [6, 6.07) is -1.50. The van der Waals surface area contributed by atoms with Crippen LogP contribution >= 0.6 is 0 Å². The van der Waals surface area contributed by atoms with Crippen LogP contribution in [0.25, 0.3) is 0 Å². The molecule has 2 heterocycles. The van der Waals surface area contributed by atoms with Gasteiger partial charge in [0.25, 0.3) is 0 Å². The first kappa shape index (κ1) is 17.5. The summed E-state index contributed by atoms with van der Waals surface area (Å²) in [4.78, 5) is 40.8. The largest absolute Gasteiger partial charge is 2.00 e. The van der Waals surface area contributed by atoms with E-state index in [0.29, 0.717) is 25.7 Å². The maximum absolute atomic E-state index is 10.4. The van der Waals surface area contributed by atoms with Gasteiger partial charge in [-0.2, -0.15) is 0 Å². The molecule has 2 aliphatic heterocycles. The predicted octanol–water partition coefficient (Wildman–Crippen LogP) is -3.97. The Morgan fingerprint density at radius 2 is 1.21 bits per heavy atom. The van der Waals surface area contributed by atoms with Crippen molar-refractivity contribution >= 4 is 23.8 Å². The number of carboxylic acids is 2. The number of hydrogen-bond acceptors (Lipinski definition) is 6. The molecular weight excluding hydrogens is 310 g/mol. The van der Waals surface area contributed by atoms with Crippen molar-refractivity contribution in [3.05, 3.63) is 0 Å². The topological polar surface area (TPSA) is 138 Å². The molecule has 9 heteroatoms. The number of carbonyl (C=O) groups excluding carboxylic acids is 4. The van der Waals surface area contributed by atoms with Crippen molar-refractivity contribution in [2.45, 2.75) is 37.8 Å². The van der Waals surface area contributed by atoms with Gasteiger partial charge in [0.2, 0.25) is 11.8 Å². The molecule has 0 saturated carbocycles. The fraction of sp³-hybridized carbons (Fsp3) is 0.600. The van der Waals surface area contributed by atoms with Crippen LogP contribution < -0.4 is 20.8 Å². The Morgan fingerprint density at radius 1 is 0.895 bits per heavy atom. The van der Waals surface area contributed by atoms with Crippen LogP contribution in [0.15, 0.2) is 0 Å². The van der Waals surface area contributed by atoms with Gasteiger partial charge in [-0.25, -0.2) is 0 Å². The summed E-state index contributed by atoms with van der Waals surface area (Å²) in [5.41, 5.74) is 0. The number of carbonyl (C=O) groups is 4. The van der Waals surface area contributed by atoms with Crippen LogP contribution in [0, 0.1) is 0 Å². The number of amides is 2. The van der Waals surface area contributed by atoms with Gasteiger partial charge in [-0.1, -0.05) is 0 Å². The molecule has 0 aromatic rings. The number of carboxylic acid groups (broad SMARTS) is 2. The minimum absolute atomic E-state index is 0. The van der Waals surface area contributed by atoms with Gasteiger partial charge in [-0.15, -0.1) is 0 Å². The Balaban J connectivity index is 0.000000324. The van der Waals surface area contributed by atoms with Crippen molar-refractivity contribution in [3.8, 4) is 0 Å². The maximum atomic E-state index is 10.4. The van der Waals surface area contributed by atoms with E-state index in [2.05, 4.69) is 10.6 Å². The zero-order chi connectivity index (χ0) is 13.7. The average Bonchev–Trinajstić information content (AvgIpc) is 2.88. The quantitative estimate of drug-likeness (QED) is 0.497. The van der Waals surface area contributed by atoms with Crippen LogP contribution in [0.1, 0.15) is 25.7 Å². The van der Waals surface area contributed by atoms with Gasteiger partial charge < -0.3 is 30.4 Å². The van der Waals surface area contributed by atoms with Crippen LogP contribution in [0.2, 0.25) is 0 Å². The van der Waals surface area contributed by atoms with Crippen molar-refractivity contribution in [2.75, 3.05) is 0 Å². The molecule has 19 heavy (non-hydrogen) atoms. The van der Waals surface area contributed by atoms with E-state index in [-0.39, 0.29) is 31.3 Å². The van der Waals surface area contributed by atoms with E-state index in [4.69, 9.17) is 0 Å². The van der Waals surface area contributed by atoms with Gasteiger partial charge in [0.1, 0.15) is 0 Å². The smallest absolute Gasteiger partial charge is 0.548 e. The predicted molar refractivity (Wildman–Crippen MR) is 52.3 cm³/mol. The van der Waals surface area contributed by atoms with Crippen molar-refractivity contribution in [1.29, 1.82) is 0 Å². The molecule has 8 nitrogen and oxygen atoms in total. The average molecular weight is 322 g/mol. The fourth-order valence-electron chi connectivity index (χ4n) is 1.58. The second kappa shape index (κ2) is 7.83. The van der Waals surface area contributed by atoms with E-state index in [9.17, 15) is 29.4 Å². The van der Waals surface area contributed by atoms with Crippen molar-refractivity contribution in [2.24, 2.45) is 0 Å². The van der Waals surface area contributed by atoms with Gasteiger partial charge in [-0.05, 0) is 12.8 Å². The van der Waals surface area contributed by atoms with Crippen LogP contribution in [0.3, 0.4) is 0 Å². The zero-order valence-electron chi connectivity index (χ0n) is 10.1. The third kappa shape index (κ3) is 5.78. The zero-order valence-corrected chi connectivity index (χ0v) is 13.1. The molecule has 0 aromatic heterocycles. The van der Waals surface area contributed by atoms with Crippen molar-refractivity contribution in [3.63, 3.8) is 0 Å². The first-order valence-corrected chi connectivity index (χ1v) is 5.40. The maximum Gasteiger partial charge on any atom is 2.00 e. The van der Waals surface area contributed by atoms with E-state index >= 15 is 0 Å².